The van der Waals surface area contributed by atoms with Crippen LogP contribution in [0.15, 0.2) is 41.3 Å². The van der Waals surface area contributed by atoms with E-state index in [1.165, 1.54) is 0 Å². The highest BCUT2D eigenvalue weighted by Crippen LogP contribution is 2.42. The number of aromatic nitrogens is 5. The number of piperazine rings is 1. The summed E-state index contributed by atoms with van der Waals surface area (Å²) in [6.07, 6.45) is 7.41. The summed E-state index contributed by atoms with van der Waals surface area (Å²) < 4.78 is 6.48. The summed E-state index contributed by atoms with van der Waals surface area (Å²) in [4.78, 5) is 30.8. The molecule has 1 aromatic carbocycles. The topological polar surface area (TPSA) is 107 Å². The van der Waals surface area contributed by atoms with Crippen LogP contribution in [0, 0.1) is 6.92 Å². The van der Waals surface area contributed by atoms with Crippen molar-refractivity contribution in [3.8, 4) is 5.88 Å². The number of nitrogens with zero attached hydrogens (tertiary/aromatic N) is 8. The van der Waals surface area contributed by atoms with Gasteiger partial charge < -0.3 is 25.2 Å². The van der Waals surface area contributed by atoms with Crippen LogP contribution in [0.3, 0.4) is 0 Å². The molecule has 238 valence electrons. The van der Waals surface area contributed by atoms with E-state index in [2.05, 4.69) is 89.6 Å². The van der Waals surface area contributed by atoms with Gasteiger partial charge in [-0.15, -0.1) is 0 Å². The number of nitrogens with one attached hydrogen (secondary N) is 2. The zero-order valence-electron chi connectivity index (χ0n) is 26.4. The van der Waals surface area contributed by atoms with Crippen molar-refractivity contribution < 1.29 is 4.74 Å². The molecule has 2 saturated heterocycles. The van der Waals surface area contributed by atoms with E-state index in [9.17, 15) is 0 Å². The number of hydrogen-bond donors (Lipinski definition) is 2. The molecule has 0 atom stereocenters. The van der Waals surface area contributed by atoms with Crippen molar-refractivity contribution in [1.82, 2.24) is 34.7 Å². The molecule has 0 saturated carbocycles. The lowest BCUT2D eigenvalue weighted by molar-refractivity contribution is 0.0981. The lowest BCUT2D eigenvalue weighted by Gasteiger charge is -2.42. The van der Waals surface area contributed by atoms with Crippen molar-refractivity contribution in [3.63, 3.8) is 0 Å². The van der Waals surface area contributed by atoms with Crippen LogP contribution < -0.4 is 25.6 Å². The van der Waals surface area contributed by atoms with E-state index in [0.717, 1.165) is 90.0 Å². The highest BCUT2D eigenvalue weighted by atomic mass is 79.9. The van der Waals surface area contributed by atoms with E-state index < -0.39 is 6.04 Å². The van der Waals surface area contributed by atoms with Gasteiger partial charge in [0.05, 0.1) is 28.3 Å². The molecular formula is C31H40BrN10OPS. The number of fused-ring (bicyclic) bond motifs is 1. The highest BCUT2D eigenvalue weighted by molar-refractivity contribution is 9.10. The minimum Gasteiger partial charge on any atom is -0.479 e. The first kappa shape index (κ1) is 32.0. The van der Waals surface area contributed by atoms with Crippen molar-refractivity contribution in [1.29, 1.82) is 0 Å². The predicted molar refractivity (Wildman–Crippen MR) is 191 cm³/mol. The largest absolute Gasteiger partial charge is 0.479 e. The van der Waals surface area contributed by atoms with E-state index in [-0.39, 0.29) is 0 Å². The molecular weight excluding hydrogens is 671 g/mol. The van der Waals surface area contributed by atoms with Gasteiger partial charge in [0.15, 0.2) is 0 Å². The van der Waals surface area contributed by atoms with Gasteiger partial charge in [-0.2, -0.15) is 9.97 Å². The molecule has 0 unspecified atom stereocenters. The number of methoxy groups -OCH3 is 1. The average molecular weight is 712 g/mol. The molecule has 0 amide bonds. The summed E-state index contributed by atoms with van der Waals surface area (Å²) in [7, 11) is 3.85. The van der Waals surface area contributed by atoms with Gasteiger partial charge >= 0.3 is 0 Å². The molecule has 5 heterocycles. The Labute approximate surface area is 278 Å². The van der Waals surface area contributed by atoms with Crippen LogP contribution in [-0.2, 0) is 11.8 Å². The molecule has 0 radical (unpaired) electrons. The van der Waals surface area contributed by atoms with E-state index in [1.54, 1.807) is 25.7 Å². The molecule has 2 fully saturated rings. The normalized spacial score (nSPS) is 17.1. The van der Waals surface area contributed by atoms with E-state index >= 15 is 0 Å². The lowest BCUT2D eigenvalue weighted by Crippen LogP contribution is -2.52. The molecule has 6 rings (SSSR count). The Hall–Kier alpha value is -2.96. The van der Waals surface area contributed by atoms with Crippen molar-refractivity contribution in [3.05, 3.63) is 46.8 Å². The number of aryl methyl sites for hydroxylation is 1. The van der Waals surface area contributed by atoms with Crippen molar-refractivity contribution in [2.45, 2.75) is 25.8 Å². The molecule has 0 bridgehead atoms. The maximum atomic E-state index is 5.98. The fraction of sp³-hybridized carbons (Fsp3) is 0.452. The Kier molecular flexibility index (Phi) is 9.54. The molecule has 45 heavy (non-hydrogen) atoms. The minimum absolute atomic E-state index is 0.413. The number of halogens is 1. The molecule has 2 N–H and O–H groups in total. The SMILES string of the molecule is COc1nc(N2CCC(N3CCN(C)CC3)CC2)c(C)cc1Nc1ncc(Br)c(Nc2ccc3nccnc3c2P(C)(C)=S)n1. The highest BCUT2D eigenvalue weighted by Gasteiger charge is 2.28. The zero-order valence-corrected chi connectivity index (χ0v) is 29.7. The van der Waals surface area contributed by atoms with Gasteiger partial charge in [0.25, 0.3) is 0 Å². The van der Waals surface area contributed by atoms with Crippen LogP contribution in [0.25, 0.3) is 11.0 Å². The van der Waals surface area contributed by atoms with Gasteiger partial charge in [-0.25, -0.2) is 4.98 Å². The Morgan fingerprint density at radius 1 is 0.956 bits per heavy atom. The second kappa shape index (κ2) is 13.4. The van der Waals surface area contributed by atoms with Crippen LogP contribution in [-0.4, -0.2) is 108 Å². The maximum absolute atomic E-state index is 5.98. The number of hydrogen-bond acceptors (Lipinski definition) is 12. The number of anilines is 5. The molecule has 0 aliphatic carbocycles. The summed E-state index contributed by atoms with van der Waals surface area (Å²) in [6, 6.07) is 4.75. The fourth-order valence-corrected chi connectivity index (χ4v) is 8.45. The third-order valence-electron chi connectivity index (χ3n) is 8.56. The monoisotopic (exact) mass is 710 g/mol. The maximum Gasteiger partial charge on any atom is 0.239 e. The lowest BCUT2D eigenvalue weighted by atomic mass is 10.0. The third kappa shape index (κ3) is 7.07. The van der Waals surface area contributed by atoms with Crippen LogP contribution in [0.2, 0.25) is 0 Å². The van der Waals surface area contributed by atoms with Gasteiger partial charge in [0.2, 0.25) is 11.8 Å². The first-order valence-electron chi connectivity index (χ1n) is 15.2. The smallest absolute Gasteiger partial charge is 0.239 e. The van der Waals surface area contributed by atoms with Crippen LogP contribution in [0.1, 0.15) is 18.4 Å². The van der Waals surface area contributed by atoms with Crippen molar-refractivity contribution >= 4 is 79.1 Å². The minimum atomic E-state index is -1.90. The molecule has 11 nitrogen and oxygen atoms in total. The predicted octanol–water partition coefficient (Wildman–Crippen LogP) is 4.96. The molecule has 4 aromatic rings. The van der Waals surface area contributed by atoms with E-state index in [0.29, 0.717) is 29.4 Å². The first-order valence-corrected chi connectivity index (χ1v) is 19.7. The van der Waals surface area contributed by atoms with Gasteiger partial charge in [-0.3, -0.25) is 14.9 Å². The van der Waals surface area contributed by atoms with Gasteiger partial charge in [-0.1, -0.05) is 11.8 Å². The standard InChI is InChI=1S/C31H40BrN10OPS/c1-20-18-25(30(43-3)39-29(20)42-12-8-21(9-13-42)41-16-14-40(2)15-17-41)37-31-35-19-22(32)28(38-31)36-24-7-6-23-26(34-11-10-33-23)27(24)44(4,5)45/h6-7,10-11,18-19,21H,8-9,12-17H2,1-5H3,(H2,35,36,37,38). The molecule has 0 spiro atoms. The van der Waals surface area contributed by atoms with Crippen molar-refractivity contribution in [2.75, 3.05) is 82.3 Å². The average Bonchev–Trinajstić information content (AvgIpc) is 3.02. The van der Waals surface area contributed by atoms with Crippen LogP contribution >= 0.6 is 22.0 Å². The summed E-state index contributed by atoms with van der Waals surface area (Å²) in [5.41, 5.74) is 4.27. The Morgan fingerprint density at radius 3 is 2.40 bits per heavy atom. The number of ether oxygens (including phenoxy) is 1. The second-order valence-electron chi connectivity index (χ2n) is 12.1. The van der Waals surface area contributed by atoms with Crippen LogP contribution in [0.4, 0.5) is 29.0 Å². The molecule has 2 aliphatic heterocycles. The number of rotatable bonds is 8. The second-order valence-corrected chi connectivity index (χ2v) is 18.9. The first-order chi connectivity index (χ1) is 21.6. The van der Waals surface area contributed by atoms with Crippen LogP contribution in [0.5, 0.6) is 5.88 Å². The number of likely N-dealkylation sites (N-methyl/N-ethyl adjacent to an activating group) is 1. The molecule has 2 aliphatic rings. The summed E-state index contributed by atoms with van der Waals surface area (Å²) in [6.45, 7) is 12.9. The fourth-order valence-electron chi connectivity index (χ4n) is 6.21. The number of piperidine rings is 1. The van der Waals surface area contributed by atoms with Gasteiger partial charge in [0.1, 0.15) is 17.3 Å². The molecule has 14 heteroatoms. The Morgan fingerprint density at radius 2 is 1.69 bits per heavy atom. The van der Waals surface area contributed by atoms with E-state index in [4.69, 9.17) is 26.5 Å². The van der Waals surface area contributed by atoms with Crippen molar-refractivity contribution in [2.24, 2.45) is 0 Å². The summed E-state index contributed by atoms with van der Waals surface area (Å²) in [5, 5.41) is 7.82. The Bertz CT molecular complexity index is 1740. The van der Waals surface area contributed by atoms with Gasteiger partial charge in [-0.05, 0) is 85.9 Å². The summed E-state index contributed by atoms with van der Waals surface area (Å²) in [5.74, 6) is 2.49. The number of benzene rings is 1. The van der Waals surface area contributed by atoms with E-state index in [1.807, 2.05) is 12.1 Å². The number of pyridine rings is 1. The zero-order chi connectivity index (χ0) is 31.7. The third-order valence-corrected chi connectivity index (χ3v) is 11.2. The quantitative estimate of drug-likeness (QED) is 0.242. The summed E-state index contributed by atoms with van der Waals surface area (Å²) >= 11 is 9.60. The Balaban J connectivity index is 1.21. The van der Waals surface area contributed by atoms with Gasteiger partial charge in [0, 0.05) is 69.2 Å². The molecule has 3 aromatic heterocycles.